The first kappa shape index (κ1) is 23.3. The summed E-state index contributed by atoms with van der Waals surface area (Å²) >= 11 is 0. The van der Waals surface area contributed by atoms with Crippen molar-refractivity contribution in [2.45, 2.75) is 42.2 Å². The van der Waals surface area contributed by atoms with Crippen LogP contribution in [0.2, 0.25) is 0 Å². The molecule has 3 rings (SSSR count). The van der Waals surface area contributed by atoms with Gasteiger partial charge in [0.25, 0.3) is 0 Å². The van der Waals surface area contributed by atoms with E-state index in [0.29, 0.717) is 19.8 Å². The number of halogens is 3. The van der Waals surface area contributed by atoms with Crippen molar-refractivity contribution in [2.24, 2.45) is 0 Å². The van der Waals surface area contributed by atoms with E-state index in [1.165, 1.54) is 10.5 Å². The lowest BCUT2D eigenvalue weighted by atomic mass is 10.0. The molecule has 0 unspecified atom stereocenters. The number of rotatable bonds is 5. The number of carboxylic acids is 1. The highest BCUT2D eigenvalue weighted by Gasteiger charge is 2.49. The fourth-order valence-electron chi connectivity index (χ4n) is 3.12. The predicted octanol–water partition coefficient (Wildman–Crippen LogP) is 1.84. The molecule has 1 aromatic heterocycles. The lowest BCUT2D eigenvalue weighted by Crippen LogP contribution is -2.43. The fraction of sp³-hybridized carbons (Fsp3) is 0.529. The van der Waals surface area contributed by atoms with Crippen LogP contribution in [0, 0.1) is 0 Å². The molecule has 2 fully saturated rings. The van der Waals surface area contributed by atoms with Gasteiger partial charge in [-0.3, -0.25) is 4.98 Å². The maximum absolute atomic E-state index is 12.9. The summed E-state index contributed by atoms with van der Waals surface area (Å²) in [6, 6.07) is 3.02. The Hall–Kier alpha value is -2.02. The van der Waals surface area contributed by atoms with Crippen LogP contribution in [0.15, 0.2) is 42.1 Å². The highest BCUT2D eigenvalue weighted by atomic mass is 32.2. The molecule has 3 atom stereocenters. The molecule has 2 saturated heterocycles. The van der Waals surface area contributed by atoms with E-state index in [4.69, 9.17) is 19.4 Å². The highest BCUT2D eigenvalue weighted by Crippen LogP contribution is 2.34. The number of alkyl halides is 3. The smallest absolute Gasteiger partial charge is 0.475 e. The summed E-state index contributed by atoms with van der Waals surface area (Å²) in [7, 11) is -3.58. The maximum atomic E-state index is 12.9. The van der Waals surface area contributed by atoms with E-state index in [0.717, 1.165) is 12.8 Å². The minimum absolute atomic E-state index is 0.172. The molecule has 0 bridgehead atoms. The van der Waals surface area contributed by atoms with Gasteiger partial charge in [0.2, 0.25) is 10.0 Å². The summed E-state index contributed by atoms with van der Waals surface area (Å²) in [4.78, 5) is 13.0. The van der Waals surface area contributed by atoms with Crippen molar-refractivity contribution >= 4 is 16.0 Å². The lowest BCUT2D eigenvalue weighted by Gasteiger charge is -2.31. The van der Waals surface area contributed by atoms with E-state index < -0.39 is 22.2 Å². The number of nitrogens with zero attached hydrogens (tertiary/aromatic N) is 2. The van der Waals surface area contributed by atoms with Gasteiger partial charge in [0.05, 0.1) is 18.8 Å². The van der Waals surface area contributed by atoms with Gasteiger partial charge in [-0.1, -0.05) is 6.08 Å². The Morgan fingerprint density at radius 1 is 1.48 bits per heavy atom. The molecule has 162 valence electrons. The van der Waals surface area contributed by atoms with E-state index in [1.54, 1.807) is 24.4 Å². The topological polar surface area (TPSA) is 106 Å². The lowest BCUT2D eigenvalue weighted by molar-refractivity contribution is -0.192. The van der Waals surface area contributed by atoms with Gasteiger partial charge in [-0.2, -0.15) is 17.5 Å². The summed E-state index contributed by atoms with van der Waals surface area (Å²) in [6.07, 6.45) is 0.704. The highest BCUT2D eigenvalue weighted by molar-refractivity contribution is 7.89. The number of carbonyl (C=O) groups is 1. The Morgan fingerprint density at radius 2 is 2.17 bits per heavy atom. The van der Waals surface area contributed by atoms with Crippen molar-refractivity contribution < 1.29 is 41.0 Å². The van der Waals surface area contributed by atoms with Crippen LogP contribution in [0.4, 0.5) is 13.2 Å². The zero-order valence-electron chi connectivity index (χ0n) is 15.3. The molecule has 0 amide bonds. The van der Waals surface area contributed by atoms with Gasteiger partial charge < -0.3 is 14.6 Å². The molecule has 2 aliphatic heterocycles. The second kappa shape index (κ2) is 9.65. The van der Waals surface area contributed by atoms with E-state index in [-0.39, 0.29) is 23.1 Å². The number of pyridine rings is 1. The quantitative estimate of drug-likeness (QED) is 0.699. The van der Waals surface area contributed by atoms with E-state index in [9.17, 15) is 21.6 Å². The van der Waals surface area contributed by atoms with Gasteiger partial charge in [-0.25, -0.2) is 13.2 Å². The second-order valence-electron chi connectivity index (χ2n) is 6.27. The van der Waals surface area contributed by atoms with Crippen LogP contribution < -0.4 is 0 Å². The molecular weight excluding hydrogens is 417 g/mol. The molecule has 2 aliphatic rings. The van der Waals surface area contributed by atoms with E-state index in [2.05, 4.69) is 11.6 Å². The van der Waals surface area contributed by atoms with Crippen LogP contribution in [0.3, 0.4) is 0 Å². The number of fused-ring (bicyclic) bond motifs is 1. The van der Waals surface area contributed by atoms with Gasteiger partial charge >= 0.3 is 12.1 Å². The van der Waals surface area contributed by atoms with Crippen LogP contribution in [-0.4, -0.2) is 73.0 Å². The molecule has 8 nitrogen and oxygen atoms in total. The summed E-state index contributed by atoms with van der Waals surface area (Å²) in [5, 5.41) is 7.12. The molecule has 1 N–H and O–H groups in total. The number of aliphatic carboxylic acids is 1. The Bertz CT molecular complexity index is 803. The number of sulfonamides is 1. The van der Waals surface area contributed by atoms with Crippen LogP contribution in [-0.2, 0) is 24.3 Å². The fourth-order valence-corrected chi connectivity index (χ4v) is 4.76. The van der Waals surface area contributed by atoms with Gasteiger partial charge in [-0.05, 0) is 25.0 Å². The average Bonchev–Trinajstić information content (AvgIpc) is 3.06. The van der Waals surface area contributed by atoms with Crippen molar-refractivity contribution in [2.75, 3.05) is 19.8 Å². The van der Waals surface area contributed by atoms with Crippen LogP contribution in [0.5, 0.6) is 0 Å². The van der Waals surface area contributed by atoms with Gasteiger partial charge in [0.15, 0.2) is 0 Å². The van der Waals surface area contributed by atoms with Crippen LogP contribution in [0.1, 0.15) is 12.8 Å². The summed E-state index contributed by atoms with van der Waals surface area (Å²) < 4.78 is 70.5. The van der Waals surface area contributed by atoms with Gasteiger partial charge in [0.1, 0.15) is 11.0 Å². The van der Waals surface area contributed by atoms with Crippen LogP contribution >= 0.6 is 0 Å². The number of hydrogen-bond acceptors (Lipinski definition) is 6. The molecular formula is C17H21F3N2O6S. The Labute approximate surface area is 166 Å². The zero-order chi connectivity index (χ0) is 21.7. The van der Waals surface area contributed by atoms with E-state index in [1.807, 2.05) is 0 Å². The maximum Gasteiger partial charge on any atom is 0.490 e. The van der Waals surface area contributed by atoms with Crippen molar-refractivity contribution in [3.63, 3.8) is 0 Å². The van der Waals surface area contributed by atoms with Crippen molar-refractivity contribution in [1.82, 2.24) is 9.29 Å². The largest absolute Gasteiger partial charge is 0.490 e. The number of hydrogen-bond donors (Lipinski definition) is 1. The molecule has 3 heterocycles. The molecule has 0 radical (unpaired) electrons. The third-order valence-corrected chi connectivity index (χ3v) is 6.22. The standard InChI is InChI=1S/C15H20N2O4S.C2HF3O2/c1-2-8-20-14-11-17(13-6-4-9-21-15(13)14)22(18,19)12-5-3-7-16-10-12;3-2(4,5)1(6)7/h2-3,5,7,10,13-15H,1,4,6,8-9,11H2;(H,6,7)/t13-,14+,15+;/m1./s1. The van der Waals surface area contributed by atoms with E-state index >= 15 is 0 Å². The van der Waals surface area contributed by atoms with Gasteiger partial charge in [0, 0.05) is 25.5 Å². The first-order valence-electron chi connectivity index (χ1n) is 8.65. The summed E-state index contributed by atoms with van der Waals surface area (Å²) in [6.45, 7) is 4.98. The summed E-state index contributed by atoms with van der Waals surface area (Å²) in [5.41, 5.74) is 0. The Balaban J connectivity index is 0.000000370. The van der Waals surface area contributed by atoms with Crippen LogP contribution in [0.25, 0.3) is 0 Å². The minimum atomic E-state index is -5.08. The Morgan fingerprint density at radius 3 is 2.72 bits per heavy atom. The third kappa shape index (κ3) is 5.75. The summed E-state index contributed by atoms with van der Waals surface area (Å²) in [5.74, 6) is -2.76. The zero-order valence-corrected chi connectivity index (χ0v) is 16.1. The molecule has 12 heteroatoms. The molecule has 0 spiro atoms. The van der Waals surface area contributed by atoms with Gasteiger partial charge in [-0.15, -0.1) is 6.58 Å². The third-order valence-electron chi connectivity index (χ3n) is 4.34. The first-order valence-corrected chi connectivity index (χ1v) is 10.1. The second-order valence-corrected chi connectivity index (χ2v) is 8.16. The number of carboxylic acid groups (broad SMARTS) is 1. The van der Waals surface area contributed by atoms with Crippen molar-refractivity contribution in [3.05, 3.63) is 37.2 Å². The normalized spacial score (nSPS) is 24.9. The minimum Gasteiger partial charge on any atom is -0.475 e. The number of ether oxygens (including phenoxy) is 2. The first-order chi connectivity index (χ1) is 13.6. The number of aromatic nitrogens is 1. The molecule has 0 saturated carbocycles. The average molecular weight is 438 g/mol. The molecule has 0 aliphatic carbocycles. The molecule has 1 aromatic rings. The van der Waals surface area contributed by atoms with Crippen molar-refractivity contribution in [1.29, 1.82) is 0 Å². The predicted molar refractivity (Wildman–Crippen MR) is 94.5 cm³/mol. The monoisotopic (exact) mass is 438 g/mol. The Kier molecular flexibility index (Phi) is 7.74. The van der Waals surface area contributed by atoms with Crippen molar-refractivity contribution in [3.8, 4) is 0 Å². The molecule has 29 heavy (non-hydrogen) atoms. The molecule has 0 aromatic carbocycles. The SMILES string of the molecule is C=CCO[C@H]1CN(S(=O)(=O)c2cccnc2)[C@@H]2CCCO[C@H]12.O=C(O)C(F)(F)F.